The molecule has 0 spiro atoms. The first-order valence-electron chi connectivity index (χ1n) is 10.5. The Balaban J connectivity index is 1.44. The maximum atomic E-state index is 13.4. The standard InChI is InChI=1S/C23H22FN7/c24-18-5-3-15(4-6-18)16-11-22-23-26-27-28-31(23)21-8-7-20(10-17(21)13-30(22)12-16)29-9-1-2-19(25)14-29/h3-8,10-12,19H,1-2,9,13-14,25H2/t19-/m0/s1. The molecule has 1 atom stereocenters. The summed E-state index contributed by atoms with van der Waals surface area (Å²) in [5.74, 6) is 0.451. The number of rotatable bonds is 2. The fourth-order valence-electron chi connectivity index (χ4n) is 4.67. The highest BCUT2D eigenvalue weighted by atomic mass is 19.1. The van der Waals surface area contributed by atoms with Crippen LogP contribution in [0.1, 0.15) is 18.4 Å². The number of nitrogens with two attached hydrogens (primary N) is 1. The van der Waals surface area contributed by atoms with Crippen molar-refractivity contribution in [3.05, 3.63) is 66.1 Å². The third-order valence-electron chi connectivity index (χ3n) is 6.23. The van der Waals surface area contributed by atoms with Crippen LogP contribution in [0.4, 0.5) is 10.1 Å². The Bertz CT molecular complexity index is 1260. The molecule has 0 amide bonds. The normalized spacial score (nSPS) is 17.6. The van der Waals surface area contributed by atoms with E-state index in [1.807, 2.05) is 0 Å². The van der Waals surface area contributed by atoms with Crippen LogP contribution in [0.25, 0.3) is 28.3 Å². The minimum absolute atomic E-state index is 0.216. The summed E-state index contributed by atoms with van der Waals surface area (Å²) in [4.78, 5) is 2.36. The van der Waals surface area contributed by atoms with Crippen LogP contribution >= 0.6 is 0 Å². The Morgan fingerprint density at radius 1 is 1.03 bits per heavy atom. The van der Waals surface area contributed by atoms with Gasteiger partial charge in [0.2, 0.25) is 5.82 Å². The Morgan fingerprint density at radius 2 is 1.90 bits per heavy atom. The van der Waals surface area contributed by atoms with Crippen LogP contribution in [0.5, 0.6) is 0 Å². The SMILES string of the molecule is N[C@H]1CCCN(c2ccc3c(c2)Cn2cc(-c4ccc(F)cc4)cc2-c2nnnn2-3)C1. The largest absolute Gasteiger partial charge is 0.370 e. The minimum atomic E-state index is -0.243. The van der Waals surface area contributed by atoms with Crippen molar-refractivity contribution < 1.29 is 4.39 Å². The highest BCUT2D eigenvalue weighted by molar-refractivity contribution is 5.71. The van der Waals surface area contributed by atoms with Gasteiger partial charge in [-0.1, -0.05) is 12.1 Å². The number of hydrogen-bond donors (Lipinski definition) is 1. The van der Waals surface area contributed by atoms with Crippen LogP contribution in [0.3, 0.4) is 0 Å². The van der Waals surface area contributed by atoms with Gasteiger partial charge < -0.3 is 15.2 Å². The maximum Gasteiger partial charge on any atom is 0.203 e. The third kappa shape index (κ3) is 3.11. The highest BCUT2D eigenvalue weighted by Crippen LogP contribution is 2.34. The van der Waals surface area contributed by atoms with Crippen LogP contribution in [0.2, 0.25) is 0 Å². The second kappa shape index (κ2) is 7.02. The summed E-state index contributed by atoms with van der Waals surface area (Å²) in [5.41, 5.74) is 12.4. The monoisotopic (exact) mass is 415 g/mol. The summed E-state index contributed by atoms with van der Waals surface area (Å²) in [6.07, 6.45) is 4.27. The molecule has 0 bridgehead atoms. The molecule has 2 N–H and O–H groups in total. The van der Waals surface area contributed by atoms with Crippen molar-refractivity contribution >= 4 is 5.69 Å². The average Bonchev–Trinajstić information content (AvgIpc) is 3.39. The molecule has 1 saturated heterocycles. The fraction of sp³-hybridized carbons (Fsp3) is 0.261. The molecule has 8 heteroatoms. The van der Waals surface area contributed by atoms with E-state index in [9.17, 15) is 4.39 Å². The van der Waals surface area contributed by atoms with Gasteiger partial charge >= 0.3 is 0 Å². The molecule has 6 rings (SSSR count). The summed E-state index contributed by atoms with van der Waals surface area (Å²) in [7, 11) is 0. The van der Waals surface area contributed by atoms with Crippen LogP contribution in [-0.4, -0.2) is 43.9 Å². The molecule has 0 radical (unpaired) electrons. The predicted molar refractivity (Wildman–Crippen MR) is 116 cm³/mol. The number of aromatic nitrogens is 5. The second-order valence-electron chi connectivity index (χ2n) is 8.32. The van der Waals surface area contributed by atoms with Crippen LogP contribution in [-0.2, 0) is 6.54 Å². The van der Waals surface area contributed by atoms with Crippen LogP contribution in [0.15, 0.2) is 54.7 Å². The zero-order valence-electron chi connectivity index (χ0n) is 16.9. The first-order chi connectivity index (χ1) is 15.2. The summed E-state index contributed by atoms with van der Waals surface area (Å²) < 4.78 is 17.3. The zero-order chi connectivity index (χ0) is 20.9. The molecule has 2 aromatic carbocycles. The number of anilines is 1. The lowest BCUT2D eigenvalue weighted by Crippen LogP contribution is -2.42. The third-order valence-corrected chi connectivity index (χ3v) is 6.23. The van der Waals surface area contributed by atoms with Gasteiger partial charge in [-0.15, -0.1) is 5.10 Å². The van der Waals surface area contributed by atoms with Crippen molar-refractivity contribution in [3.63, 3.8) is 0 Å². The Morgan fingerprint density at radius 3 is 2.74 bits per heavy atom. The van der Waals surface area contributed by atoms with Gasteiger partial charge in [0.1, 0.15) is 5.82 Å². The smallest absolute Gasteiger partial charge is 0.203 e. The zero-order valence-corrected chi connectivity index (χ0v) is 16.9. The maximum absolute atomic E-state index is 13.4. The van der Waals surface area contributed by atoms with Gasteiger partial charge in [-0.25, -0.2) is 4.39 Å². The topological polar surface area (TPSA) is 77.8 Å². The Kier molecular flexibility index (Phi) is 4.14. The minimum Gasteiger partial charge on any atom is -0.370 e. The van der Waals surface area contributed by atoms with E-state index in [0.717, 1.165) is 54.0 Å². The van der Waals surface area contributed by atoms with E-state index in [1.54, 1.807) is 16.8 Å². The van der Waals surface area contributed by atoms with Crippen molar-refractivity contribution in [2.75, 3.05) is 18.0 Å². The lowest BCUT2D eigenvalue weighted by atomic mass is 10.0. The molecule has 31 heavy (non-hydrogen) atoms. The molecular weight excluding hydrogens is 393 g/mol. The number of benzene rings is 2. The van der Waals surface area contributed by atoms with E-state index in [2.05, 4.69) is 55.5 Å². The van der Waals surface area contributed by atoms with Crippen molar-refractivity contribution in [2.45, 2.75) is 25.4 Å². The number of hydrogen-bond acceptors (Lipinski definition) is 5. The fourth-order valence-corrected chi connectivity index (χ4v) is 4.67. The summed E-state index contributed by atoms with van der Waals surface area (Å²) in [6.45, 7) is 2.58. The average molecular weight is 415 g/mol. The number of fused-ring (bicyclic) bond motifs is 5. The molecule has 2 aromatic heterocycles. The highest BCUT2D eigenvalue weighted by Gasteiger charge is 2.25. The van der Waals surface area contributed by atoms with E-state index in [1.165, 1.54) is 17.8 Å². The van der Waals surface area contributed by atoms with E-state index in [-0.39, 0.29) is 11.9 Å². The Labute approximate surface area is 178 Å². The number of piperidine rings is 1. The number of halogens is 1. The van der Waals surface area contributed by atoms with Crippen LogP contribution < -0.4 is 10.6 Å². The van der Waals surface area contributed by atoms with E-state index in [0.29, 0.717) is 12.4 Å². The van der Waals surface area contributed by atoms with Crippen molar-refractivity contribution in [3.8, 4) is 28.3 Å². The van der Waals surface area contributed by atoms with Crippen molar-refractivity contribution in [1.82, 2.24) is 24.8 Å². The summed E-state index contributed by atoms with van der Waals surface area (Å²) >= 11 is 0. The molecule has 156 valence electrons. The second-order valence-corrected chi connectivity index (χ2v) is 8.32. The molecule has 2 aliphatic rings. The quantitative estimate of drug-likeness (QED) is 0.479. The molecule has 7 nitrogen and oxygen atoms in total. The van der Waals surface area contributed by atoms with Gasteiger partial charge in [0.05, 0.1) is 11.4 Å². The van der Waals surface area contributed by atoms with Gasteiger partial charge in [0.15, 0.2) is 0 Å². The van der Waals surface area contributed by atoms with Gasteiger partial charge in [-0.05, 0) is 70.8 Å². The van der Waals surface area contributed by atoms with Crippen LogP contribution in [0, 0.1) is 5.82 Å². The number of nitrogens with zero attached hydrogens (tertiary/aromatic N) is 6. The van der Waals surface area contributed by atoms with Gasteiger partial charge in [-0.3, -0.25) is 0 Å². The predicted octanol–water partition coefficient (Wildman–Crippen LogP) is 3.23. The lowest BCUT2D eigenvalue weighted by molar-refractivity contribution is 0.506. The van der Waals surface area contributed by atoms with Gasteiger partial charge in [-0.2, -0.15) is 4.68 Å². The van der Waals surface area contributed by atoms with Gasteiger partial charge in [0.25, 0.3) is 0 Å². The molecule has 4 heterocycles. The first kappa shape index (κ1) is 18.3. The van der Waals surface area contributed by atoms with E-state index in [4.69, 9.17) is 5.73 Å². The van der Waals surface area contributed by atoms with E-state index < -0.39 is 0 Å². The van der Waals surface area contributed by atoms with Crippen molar-refractivity contribution in [2.24, 2.45) is 5.73 Å². The lowest BCUT2D eigenvalue weighted by Gasteiger charge is -2.33. The van der Waals surface area contributed by atoms with Gasteiger partial charge in [0, 0.05) is 43.1 Å². The molecule has 1 fully saturated rings. The molecular formula is C23H22FN7. The molecule has 0 unspecified atom stereocenters. The molecule has 0 saturated carbocycles. The summed E-state index contributed by atoms with van der Waals surface area (Å²) in [5, 5.41) is 12.5. The number of tetrazole rings is 1. The Hall–Kier alpha value is -3.52. The van der Waals surface area contributed by atoms with Crippen molar-refractivity contribution in [1.29, 1.82) is 0 Å². The molecule has 0 aliphatic carbocycles. The summed E-state index contributed by atoms with van der Waals surface area (Å²) in [6, 6.07) is 15.3. The molecule has 4 aromatic rings. The van der Waals surface area contributed by atoms with E-state index >= 15 is 0 Å². The first-order valence-corrected chi connectivity index (χ1v) is 10.5. The molecule has 2 aliphatic heterocycles.